The van der Waals surface area contributed by atoms with Crippen molar-refractivity contribution in [3.05, 3.63) is 0 Å². The molecule has 3 heteroatoms. The average Bonchev–Trinajstić information content (AvgIpc) is 1.99. The predicted octanol–water partition coefficient (Wildman–Crippen LogP) is 1.85. The van der Waals surface area contributed by atoms with Crippen LogP contribution in [0.15, 0.2) is 0 Å². The van der Waals surface area contributed by atoms with E-state index in [0.29, 0.717) is 12.8 Å². The van der Waals surface area contributed by atoms with Crippen LogP contribution in [0, 0.1) is 0 Å². The smallest absolute Gasteiger partial charge is 0.306 e. The molecule has 0 aliphatic heterocycles. The van der Waals surface area contributed by atoms with Crippen molar-refractivity contribution >= 4 is 5.97 Å². The van der Waals surface area contributed by atoms with E-state index in [0.717, 1.165) is 6.42 Å². The maximum Gasteiger partial charge on any atom is 0.306 e. The summed E-state index contributed by atoms with van der Waals surface area (Å²) in [4.78, 5) is 11.2. The van der Waals surface area contributed by atoms with Crippen molar-refractivity contribution in [2.45, 2.75) is 58.6 Å². The van der Waals surface area contributed by atoms with Crippen molar-refractivity contribution in [1.29, 1.82) is 0 Å². The first kappa shape index (κ1) is 12.4. The molecular formula is C10H21NO2. The van der Waals surface area contributed by atoms with Crippen LogP contribution in [0.3, 0.4) is 0 Å². The Morgan fingerprint density at radius 2 is 2.08 bits per heavy atom. The van der Waals surface area contributed by atoms with Crippen LogP contribution in [-0.2, 0) is 9.53 Å². The fraction of sp³-hybridized carbons (Fsp3) is 0.900. The summed E-state index contributed by atoms with van der Waals surface area (Å²) in [7, 11) is 0. The molecule has 78 valence electrons. The van der Waals surface area contributed by atoms with Gasteiger partial charge in [-0.15, -0.1) is 0 Å². The molecule has 0 unspecified atom stereocenters. The van der Waals surface area contributed by atoms with Crippen molar-refractivity contribution in [1.82, 2.24) is 0 Å². The van der Waals surface area contributed by atoms with E-state index in [1.807, 2.05) is 27.7 Å². The molecule has 0 aliphatic rings. The van der Waals surface area contributed by atoms with Crippen molar-refractivity contribution in [3.8, 4) is 0 Å². The highest BCUT2D eigenvalue weighted by atomic mass is 16.5. The summed E-state index contributed by atoms with van der Waals surface area (Å²) < 4.78 is 5.10. The van der Waals surface area contributed by atoms with E-state index < -0.39 is 0 Å². The minimum Gasteiger partial charge on any atom is -0.463 e. The van der Waals surface area contributed by atoms with Gasteiger partial charge in [0.1, 0.15) is 0 Å². The summed E-state index contributed by atoms with van der Waals surface area (Å²) in [5.74, 6) is -0.145. The lowest BCUT2D eigenvalue weighted by molar-refractivity contribution is -0.148. The Balaban J connectivity index is 3.64. The second kappa shape index (κ2) is 5.22. The molecular weight excluding hydrogens is 166 g/mol. The zero-order chi connectivity index (χ0) is 10.5. The first-order valence-corrected chi connectivity index (χ1v) is 4.83. The van der Waals surface area contributed by atoms with E-state index in [2.05, 4.69) is 0 Å². The number of esters is 1. The molecule has 13 heavy (non-hydrogen) atoms. The monoisotopic (exact) mass is 187 g/mol. The van der Waals surface area contributed by atoms with Gasteiger partial charge in [-0.05, 0) is 33.6 Å². The van der Waals surface area contributed by atoms with Crippen LogP contribution in [0.1, 0.15) is 47.0 Å². The molecule has 0 aromatic carbocycles. The van der Waals surface area contributed by atoms with Gasteiger partial charge in [-0.25, -0.2) is 0 Å². The van der Waals surface area contributed by atoms with E-state index >= 15 is 0 Å². The topological polar surface area (TPSA) is 52.3 Å². The number of nitrogens with two attached hydrogens (primary N) is 1. The number of hydrogen-bond acceptors (Lipinski definition) is 3. The van der Waals surface area contributed by atoms with E-state index in [9.17, 15) is 4.79 Å². The molecule has 0 aromatic rings. The summed E-state index contributed by atoms with van der Waals surface area (Å²) in [6.45, 7) is 7.70. The molecule has 0 spiro atoms. The van der Waals surface area contributed by atoms with Gasteiger partial charge in [0.2, 0.25) is 0 Å². The van der Waals surface area contributed by atoms with Crippen molar-refractivity contribution in [2.75, 3.05) is 0 Å². The van der Waals surface area contributed by atoms with Gasteiger partial charge in [-0.1, -0.05) is 6.92 Å². The lowest BCUT2D eigenvalue weighted by atomic mass is 10.0. The first-order valence-electron chi connectivity index (χ1n) is 4.83. The summed E-state index contributed by atoms with van der Waals surface area (Å²) in [6, 6.07) is 0. The summed E-state index contributed by atoms with van der Waals surface area (Å²) in [5.41, 5.74) is 5.46. The third-order valence-electron chi connectivity index (χ3n) is 1.88. The van der Waals surface area contributed by atoms with Crippen LogP contribution in [0.5, 0.6) is 0 Å². The Morgan fingerprint density at radius 3 is 2.46 bits per heavy atom. The van der Waals surface area contributed by atoms with Crippen molar-refractivity contribution in [3.63, 3.8) is 0 Å². The van der Waals surface area contributed by atoms with Crippen LogP contribution in [0.2, 0.25) is 0 Å². The number of carbonyl (C=O) groups excluding carboxylic acids is 1. The van der Waals surface area contributed by atoms with Gasteiger partial charge in [0.15, 0.2) is 0 Å². The maximum absolute atomic E-state index is 11.2. The zero-order valence-electron chi connectivity index (χ0n) is 9.09. The zero-order valence-corrected chi connectivity index (χ0v) is 9.09. The Kier molecular flexibility index (Phi) is 4.99. The molecule has 2 N–H and O–H groups in total. The van der Waals surface area contributed by atoms with Gasteiger partial charge < -0.3 is 10.5 Å². The predicted molar refractivity (Wildman–Crippen MR) is 53.3 cm³/mol. The van der Waals surface area contributed by atoms with Gasteiger partial charge in [0.25, 0.3) is 0 Å². The van der Waals surface area contributed by atoms with Gasteiger partial charge >= 0.3 is 5.97 Å². The standard InChI is InChI=1S/C10H21NO2/c1-5-8(2)13-9(12)6-7-10(3,4)11/h8H,5-7,11H2,1-4H3/t8-/m0/s1. The van der Waals surface area contributed by atoms with Crippen LogP contribution in [0.25, 0.3) is 0 Å². The second-order valence-corrected chi connectivity index (χ2v) is 4.20. The summed E-state index contributed by atoms with van der Waals surface area (Å²) >= 11 is 0. The minimum atomic E-state index is -0.283. The lowest BCUT2D eigenvalue weighted by Gasteiger charge is -2.18. The first-order chi connectivity index (χ1) is 5.85. The molecule has 0 amide bonds. The molecule has 0 fully saturated rings. The molecule has 1 atom stereocenters. The number of hydrogen-bond donors (Lipinski definition) is 1. The molecule has 0 saturated heterocycles. The third-order valence-corrected chi connectivity index (χ3v) is 1.88. The van der Waals surface area contributed by atoms with E-state index in [-0.39, 0.29) is 17.6 Å². The number of rotatable bonds is 5. The molecule has 0 saturated carbocycles. The lowest BCUT2D eigenvalue weighted by Crippen LogP contribution is -2.32. The SMILES string of the molecule is CC[C@H](C)OC(=O)CCC(C)(C)N. The number of carbonyl (C=O) groups is 1. The molecule has 0 aliphatic carbocycles. The highest BCUT2D eigenvalue weighted by Crippen LogP contribution is 2.09. The summed E-state index contributed by atoms with van der Waals surface area (Å²) in [5, 5.41) is 0. The minimum absolute atomic E-state index is 0.0217. The normalized spacial score (nSPS) is 13.9. The third kappa shape index (κ3) is 7.78. The highest BCUT2D eigenvalue weighted by molar-refractivity contribution is 5.69. The molecule has 0 radical (unpaired) electrons. The quantitative estimate of drug-likeness (QED) is 0.668. The molecule has 3 nitrogen and oxygen atoms in total. The fourth-order valence-corrected chi connectivity index (χ4v) is 0.791. The average molecular weight is 187 g/mol. The summed E-state index contributed by atoms with van der Waals surface area (Å²) in [6.07, 6.45) is 1.96. The van der Waals surface area contributed by atoms with Gasteiger partial charge in [0.05, 0.1) is 6.10 Å². The van der Waals surface area contributed by atoms with Crippen LogP contribution >= 0.6 is 0 Å². The Labute approximate surface area is 80.6 Å². The Bertz CT molecular complexity index is 161. The van der Waals surface area contributed by atoms with Gasteiger partial charge in [0, 0.05) is 12.0 Å². The van der Waals surface area contributed by atoms with Gasteiger partial charge in [-0.2, -0.15) is 0 Å². The maximum atomic E-state index is 11.2. The van der Waals surface area contributed by atoms with E-state index in [1.54, 1.807) is 0 Å². The van der Waals surface area contributed by atoms with Crippen LogP contribution in [-0.4, -0.2) is 17.6 Å². The largest absolute Gasteiger partial charge is 0.463 e. The van der Waals surface area contributed by atoms with E-state index in [4.69, 9.17) is 10.5 Å². The van der Waals surface area contributed by atoms with Crippen LogP contribution < -0.4 is 5.73 Å². The molecule has 0 aromatic heterocycles. The molecule has 0 rings (SSSR count). The van der Waals surface area contributed by atoms with Crippen molar-refractivity contribution < 1.29 is 9.53 Å². The fourth-order valence-electron chi connectivity index (χ4n) is 0.791. The van der Waals surface area contributed by atoms with Crippen LogP contribution in [0.4, 0.5) is 0 Å². The van der Waals surface area contributed by atoms with Gasteiger partial charge in [-0.3, -0.25) is 4.79 Å². The van der Waals surface area contributed by atoms with E-state index in [1.165, 1.54) is 0 Å². The molecule has 0 heterocycles. The second-order valence-electron chi connectivity index (χ2n) is 4.20. The number of ether oxygens (including phenoxy) is 1. The Morgan fingerprint density at radius 1 is 1.54 bits per heavy atom. The van der Waals surface area contributed by atoms with Crippen molar-refractivity contribution in [2.24, 2.45) is 5.73 Å². The highest BCUT2D eigenvalue weighted by Gasteiger charge is 2.14. The Hall–Kier alpha value is -0.570. The molecule has 0 bridgehead atoms.